The van der Waals surface area contributed by atoms with Crippen molar-refractivity contribution in [3.8, 4) is 11.5 Å². The van der Waals surface area contributed by atoms with E-state index in [1.54, 1.807) is 24.3 Å². The van der Waals surface area contributed by atoms with Crippen LogP contribution in [0.25, 0.3) is 0 Å². The molecule has 174 valence electrons. The van der Waals surface area contributed by atoms with Crippen molar-refractivity contribution >= 4 is 29.8 Å². The zero-order valence-electron chi connectivity index (χ0n) is 18.2. The molecule has 5 N–H and O–H groups in total. The van der Waals surface area contributed by atoms with E-state index in [4.69, 9.17) is 20.6 Å². The quantitative estimate of drug-likeness (QED) is 0.278. The number of ether oxygens (including phenoxy) is 2. The Kier molecular flexibility index (Phi) is 9.06. The lowest BCUT2D eigenvalue weighted by Gasteiger charge is -2.22. The molecule has 1 atom stereocenters. The molecule has 0 bridgehead atoms. The number of carbonyl (C=O) groups excluding carboxylic acids is 1. The summed E-state index contributed by atoms with van der Waals surface area (Å²) in [5, 5.41) is 13.4. The summed E-state index contributed by atoms with van der Waals surface area (Å²) < 4.78 is 25.4. The zero-order valence-corrected chi connectivity index (χ0v) is 19.0. The van der Waals surface area contributed by atoms with E-state index in [9.17, 15) is 9.18 Å². The molecule has 7 nitrogen and oxygen atoms in total. The van der Waals surface area contributed by atoms with E-state index in [0.29, 0.717) is 17.0 Å². The zero-order chi connectivity index (χ0) is 23.1. The first-order valence-corrected chi connectivity index (χ1v) is 9.87. The molecule has 9 heteroatoms. The summed E-state index contributed by atoms with van der Waals surface area (Å²) in [6.45, 7) is 0.288. The minimum atomic E-state index is -1.05. The number of amides is 1. The first-order valence-electron chi connectivity index (χ1n) is 9.87. The maximum absolute atomic E-state index is 15.0. The molecule has 0 radical (unpaired) electrons. The lowest BCUT2D eigenvalue weighted by Crippen LogP contribution is -2.33. The van der Waals surface area contributed by atoms with Crippen molar-refractivity contribution in [3.05, 3.63) is 89.2 Å². The fourth-order valence-electron chi connectivity index (χ4n) is 3.18. The van der Waals surface area contributed by atoms with Gasteiger partial charge in [-0.3, -0.25) is 10.2 Å². The molecule has 1 amide bonds. The molecule has 3 aromatic carbocycles. The second kappa shape index (κ2) is 11.7. The molecule has 3 aromatic rings. The van der Waals surface area contributed by atoms with E-state index in [1.165, 1.54) is 26.4 Å². The summed E-state index contributed by atoms with van der Waals surface area (Å²) in [5.74, 6) is -0.577. The number of halogens is 2. The van der Waals surface area contributed by atoms with Gasteiger partial charge >= 0.3 is 0 Å². The Balaban J connectivity index is 0.00000385. The SMILES string of the molecule is COc1cc(F)c(C(Nc2ccc(C(=N)N)cc2)C(=O)NCc2ccccc2)cc1OC.Cl. The predicted octanol–water partition coefficient (Wildman–Crippen LogP) is 4.02. The second-order valence-electron chi connectivity index (χ2n) is 7.00. The second-order valence-corrected chi connectivity index (χ2v) is 7.00. The molecule has 0 fully saturated rings. The van der Waals surface area contributed by atoms with Crippen molar-refractivity contribution in [3.63, 3.8) is 0 Å². The molecule has 0 spiro atoms. The van der Waals surface area contributed by atoms with Gasteiger partial charge < -0.3 is 25.8 Å². The summed E-state index contributed by atoms with van der Waals surface area (Å²) in [4.78, 5) is 13.1. The highest BCUT2D eigenvalue weighted by Crippen LogP contribution is 2.34. The number of carbonyl (C=O) groups is 1. The number of nitrogen functional groups attached to an aromatic ring is 1. The van der Waals surface area contributed by atoms with E-state index in [2.05, 4.69) is 10.6 Å². The number of benzene rings is 3. The lowest BCUT2D eigenvalue weighted by molar-refractivity contribution is -0.122. The van der Waals surface area contributed by atoms with Crippen molar-refractivity contribution in [2.75, 3.05) is 19.5 Å². The maximum atomic E-state index is 15.0. The number of rotatable bonds is 9. The lowest BCUT2D eigenvalue weighted by atomic mass is 10.0. The Morgan fingerprint density at radius 1 is 1.03 bits per heavy atom. The highest BCUT2D eigenvalue weighted by molar-refractivity contribution is 5.95. The van der Waals surface area contributed by atoms with E-state index in [0.717, 1.165) is 5.56 Å². The Morgan fingerprint density at radius 3 is 2.21 bits per heavy atom. The Morgan fingerprint density at radius 2 is 1.64 bits per heavy atom. The fraction of sp³-hybridized carbons (Fsp3) is 0.167. The van der Waals surface area contributed by atoms with Crippen LogP contribution in [-0.2, 0) is 11.3 Å². The van der Waals surface area contributed by atoms with Crippen LogP contribution in [0.3, 0.4) is 0 Å². The first-order chi connectivity index (χ1) is 15.4. The molecule has 1 unspecified atom stereocenters. The van der Waals surface area contributed by atoms with Gasteiger partial charge in [-0.05, 0) is 35.9 Å². The smallest absolute Gasteiger partial charge is 0.247 e. The van der Waals surface area contributed by atoms with Gasteiger partial charge in [0.25, 0.3) is 0 Å². The molecule has 0 aromatic heterocycles. The van der Waals surface area contributed by atoms with Crippen LogP contribution in [0, 0.1) is 11.2 Å². The Hall–Kier alpha value is -3.78. The van der Waals surface area contributed by atoms with Crippen molar-refractivity contribution < 1.29 is 18.7 Å². The average molecular weight is 473 g/mol. The van der Waals surface area contributed by atoms with Gasteiger partial charge in [0.05, 0.1) is 14.2 Å². The third-order valence-electron chi connectivity index (χ3n) is 4.89. The Labute approximate surface area is 198 Å². The minimum Gasteiger partial charge on any atom is -0.493 e. The Bertz CT molecular complexity index is 1090. The van der Waals surface area contributed by atoms with E-state index in [1.807, 2.05) is 30.3 Å². The summed E-state index contributed by atoms with van der Waals surface area (Å²) in [7, 11) is 2.85. The molecule has 3 rings (SSSR count). The van der Waals surface area contributed by atoms with Gasteiger partial charge in [0.15, 0.2) is 11.5 Å². The van der Waals surface area contributed by atoms with Crippen LogP contribution < -0.4 is 25.8 Å². The van der Waals surface area contributed by atoms with Gasteiger partial charge in [0.2, 0.25) is 5.91 Å². The first kappa shape index (κ1) is 25.5. The molecule has 0 aliphatic heterocycles. The number of methoxy groups -OCH3 is 2. The summed E-state index contributed by atoms with van der Waals surface area (Å²) in [5.41, 5.74) is 7.62. The number of nitrogens with one attached hydrogen (secondary N) is 3. The van der Waals surface area contributed by atoms with Crippen LogP contribution >= 0.6 is 12.4 Å². The van der Waals surface area contributed by atoms with Gasteiger partial charge in [0.1, 0.15) is 17.7 Å². The average Bonchev–Trinajstić information content (AvgIpc) is 2.82. The summed E-state index contributed by atoms with van der Waals surface area (Å²) in [6, 6.07) is 17.6. The molecule has 33 heavy (non-hydrogen) atoms. The number of nitrogens with two attached hydrogens (primary N) is 1. The van der Waals surface area contributed by atoms with Crippen LogP contribution in [0.1, 0.15) is 22.7 Å². The van der Waals surface area contributed by atoms with Crippen LogP contribution in [0.15, 0.2) is 66.7 Å². The van der Waals surface area contributed by atoms with E-state index in [-0.39, 0.29) is 36.1 Å². The third kappa shape index (κ3) is 6.36. The van der Waals surface area contributed by atoms with Crippen molar-refractivity contribution in [2.24, 2.45) is 5.73 Å². The van der Waals surface area contributed by atoms with Crippen LogP contribution in [0.5, 0.6) is 11.5 Å². The van der Waals surface area contributed by atoms with E-state index >= 15 is 0 Å². The van der Waals surface area contributed by atoms with Crippen molar-refractivity contribution in [2.45, 2.75) is 12.6 Å². The third-order valence-corrected chi connectivity index (χ3v) is 4.89. The van der Waals surface area contributed by atoms with Gasteiger partial charge in [-0.2, -0.15) is 0 Å². The molecule has 0 aliphatic rings. The van der Waals surface area contributed by atoms with Crippen LogP contribution in [0.2, 0.25) is 0 Å². The number of hydrogen-bond donors (Lipinski definition) is 4. The standard InChI is InChI=1S/C24H25FN4O3.ClH/c1-31-20-12-18(19(25)13-21(20)32-2)22(24(30)28-14-15-6-4-3-5-7-15)29-17-10-8-16(9-11-17)23(26)27;/h3-13,22,29H,14H2,1-2H3,(H3,26,27)(H,28,30);1H. The maximum Gasteiger partial charge on any atom is 0.247 e. The summed E-state index contributed by atoms with van der Waals surface area (Å²) >= 11 is 0. The number of amidine groups is 1. The highest BCUT2D eigenvalue weighted by atomic mass is 35.5. The van der Waals surface area contributed by atoms with Gasteiger partial charge in [-0.15, -0.1) is 12.4 Å². The summed E-state index contributed by atoms with van der Waals surface area (Å²) in [6.07, 6.45) is 0. The number of hydrogen-bond acceptors (Lipinski definition) is 5. The van der Waals surface area contributed by atoms with Crippen molar-refractivity contribution in [1.82, 2.24) is 5.32 Å². The molecule has 0 saturated carbocycles. The minimum absolute atomic E-state index is 0. The fourth-order valence-corrected chi connectivity index (χ4v) is 3.18. The van der Waals surface area contributed by atoms with E-state index < -0.39 is 17.8 Å². The van der Waals surface area contributed by atoms with Crippen LogP contribution in [-0.4, -0.2) is 26.0 Å². The highest BCUT2D eigenvalue weighted by Gasteiger charge is 2.26. The van der Waals surface area contributed by atoms with Gasteiger partial charge in [-0.25, -0.2) is 4.39 Å². The molecule has 0 saturated heterocycles. The molecule has 0 heterocycles. The van der Waals surface area contributed by atoms with Crippen LogP contribution in [0.4, 0.5) is 10.1 Å². The number of anilines is 1. The van der Waals surface area contributed by atoms with Crippen molar-refractivity contribution in [1.29, 1.82) is 5.41 Å². The van der Waals surface area contributed by atoms with Gasteiger partial charge in [0, 0.05) is 29.4 Å². The topological polar surface area (TPSA) is 109 Å². The molecule has 0 aliphatic carbocycles. The van der Waals surface area contributed by atoms with Gasteiger partial charge in [-0.1, -0.05) is 30.3 Å². The molecular weight excluding hydrogens is 447 g/mol. The predicted molar refractivity (Wildman–Crippen MR) is 129 cm³/mol. The molecular formula is C24H26ClFN4O3. The normalized spacial score (nSPS) is 11.0. The largest absolute Gasteiger partial charge is 0.493 e. The monoisotopic (exact) mass is 472 g/mol.